The van der Waals surface area contributed by atoms with Gasteiger partial charge in [0, 0.05) is 34.7 Å². The minimum absolute atomic E-state index is 0. The molecule has 1 aromatic carbocycles. The fourth-order valence-electron chi connectivity index (χ4n) is 3.72. The lowest BCUT2D eigenvalue weighted by molar-refractivity contribution is -0.138. The Kier molecular flexibility index (Phi) is 10.6. The van der Waals surface area contributed by atoms with E-state index in [0.717, 1.165) is 31.2 Å². The van der Waals surface area contributed by atoms with E-state index in [1.165, 1.54) is 4.90 Å². The molecule has 1 aromatic rings. The number of hydrogen-bond donors (Lipinski definition) is 2. The lowest BCUT2D eigenvalue weighted by atomic mass is 9.84. The molecule has 2 N–H and O–H groups in total. The van der Waals surface area contributed by atoms with Crippen molar-refractivity contribution in [1.82, 2.24) is 20.4 Å². The SMILES string of the molecule is CC(NC(=NCC(=O)N(C)C)NCC1(C(=O)N(C)C)CCCC1)c1ccccc1.I. The van der Waals surface area contributed by atoms with Crippen molar-refractivity contribution >= 4 is 41.8 Å². The number of nitrogens with one attached hydrogen (secondary N) is 2. The highest BCUT2D eigenvalue weighted by Crippen LogP contribution is 2.38. The summed E-state index contributed by atoms with van der Waals surface area (Å²) in [5, 5.41) is 6.73. The van der Waals surface area contributed by atoms with Crippen LogP contribution >= 0.6 is 24.0 Å². The molecule has 1 unspecified atom stereocenters. The number of nitrogens with zero attached hydrogens (tertiary/aromatic N) is 3. The minimum Gasteiger partial charge on any atom is -0.355 e. The first kappa shape index (κ1) is 26.2. The summed E-state index contributed by atoms with van der Waals surface area (Å²) in [4.78, 5) is 32.6. The first-order valence-corrected chi connectivity index (χ1v) is 10.3. The Hall–Kier alpha value is -1.84. The number of rotatable bonds is 7. The molecular weight excluding hydrogens is 493 g/mol. The van der Waals surface area contributed by atoms with Gasteiger partial charge in [-0.1, -0.05) is 43.2 Å². The molecule has 8 heteroatoms. The second-order valence-electron chi connectivity index (χ2n) is 8.27. The molecule has 7 nitrogen and oxygen atoms in total. The van der Waals surface area contributed by atoms with Gasteiger partial charge in [0.2, 0.25) is 11.8 Å². The van der Waals surface area contributed by atoms with Gasteiger partial charge >= 0.3 is 0 Å². The largest absolute Gasteiger partial charge is 0.355 e. The number of carbonyl (C=O) groups is 2. The molecule has 2 amide bonds. The predicted octanol–water partition coefficient (Wildman–Crippen LogP) is 2.64. The van der Waals surface area contributed by atoms with Crippen molar-refractivity contribution in [1.29, 1.82) is 0 Å². The van der Waals surface area contributed by atoms with Gasteiger partial charge in [0.15, 0.2) is 5.96 Å². The van der Waals surface area contributed by atoms with Crippen molar-refractivity contribution in [3.8, 4) is 0 Å². The van der Waals surface area contributed by atoms with Crippen molar-refractivity contribution in [2.75, 3.05) is 41.3 Å². The summed E-state index contributed by atoms with van der Waals surface area (Å²) in [5.74, 6) is 0.634. The first-order chi connectivity index (χ1) is 13.7. The summed E-state index contributed by atoms with van der Waals surface area (Å²) in [6.07, 6.45) is 3.85. The van der Waals surface area contributed by atoms with Crippen LogP contribution in [0.2, 0.25) is 0 Å². The summed E-state index contributed by atoms with van der Waals surface area (Å²) >= 11 is 0. The molecule has 0 spiro atoms. The van der Waals surface area contributed by atoms with Crippen LogP contribution in [-0.4, -0.2) is 68.9 Å². The van der Waals surface area contributed by atoms with E-state index in [0.29, 0.717) is 12.5 Å². The molecule has 0 aliphatic heterocycles. The zero-order valence-corrected chi connectivity index (χ0v) is 21.1. The zero-order valence-electron chi connectivity index (χ0n) is 18.8. The van der Waals surface area contributed by atoms with Gasteiger partial charge in [-0.2, -0.15) is 0 Å². The number of halogens is 1. The van der Waals surface area contributed by atoms with E-state index >= 15 is 0 Å². The van der Waals surface area contributed by atoms with Crippen LogP contribution in [0.3, 0.4) is 0 Å². The summed E-state index contributed by atoms with van der Waals surface area (Å²) in [6.45, 7) is 2.61. The second kappa shape index (κ2) is 12.1. The van der Waals surface area contributed by atoms with E-state index in [2.05, 4.69) is 22.5 Å². The lowest BCUT2D eigenvalue weighted by Gasteiger charge is -2.32. The molecule has 1 aliphatic carbocycles. The topological polar surface area (TPSA) is 77.0 Å². The maximum atomic E-state index is 12.8. The van der Waals surface area contributed by atoms with Gasteiger partial charge in [-0.15, -0.1) is 24.0 Å². The van der Waals surface area contributed by atoms with Crippen LogP contribution in [0.1, 0.15) is 44.2 Å². The third kappa shape index (κ3) is 7.14. The summed E-state index contributed by atoms with van der Waals surface area (Å²) in [6, 6.07) is 10.1. The van der Waals surface area contributed by atoms with Gasteiger partial charge in [-0.3, -0.25) is 9.59 Å². The van der Waals surface area contributed by atoms with E-state index in [1.807, 2.05) is 44.4 Å². The zero-order chi connectivity index (χ0) is 21.4. The molecule has 0 bridgehead atoms. The van der Waals surface area contributed by atoms with Crippen molar-refractivity contribution in [2.45, 2.75) is 38.6 Å². The fraction of sp³-hybridized carbons (Fsp3) is 0.591. The van der Waals surface area contributed by atoms with Crippen molar-refractivity contribution in [3.05, 3.63) is 35.9 Å². The molecule has 1 saturated carbocycles. The first-order valence-electron chi connectivity index (χ1n) is 10.3. The number of benzene rings is 1. The third-order valence-electron chi connectivity index (χ3n) is 5.54. The predicted molar refractivity (Wildman–Crippen MR) is 132 cm³/mol. The highest BCUT2D eigenvalue weighted by Gasteiger charge is 2.42. The number of guanidine groups is 1. The van der Waals surface area contributed by atoms with E-state index in [9.17, 15) is 9.59 Å². The van der Waals surface area contributed by atoms with Gasteiger partial charge < -0.3 is 20.4 Å². The van der Waals surface area contributed by atoms with Crippen molar-refractivity contribution in [2.24, 2.45) is 10.4 Å². The van der Waals surface area contributed by atoms with Gasteiger partial charge in [0.05, 0.1) is 11.5 Å². The van der Waals surface area contributed by atoms with Crippen LogP contribution in [0.4, 0.5) is 0 Å². The average molecular weight is 529 g/mol. The highest BCUT2D eigenvalue weighted by atomic mass is 127. The van der Waals surface area contributed by atoms with Crippen LogP contribution in [0, 0.1) is 5.41 Å². The number of likely N-dealkylation sites (N-methyl/N-ethyl adjacent to an activating group) is 1. The summed E-state index contributed by atoms with van der Waals surface area (Å²) in [5.41, 5.74) is 0.717. The molecule has 0 aromatic heterocycles. The molecule has 1 aliphatic rings. The van der Waals surface area contributed by atoms with Gasteiger partial charge in [-0.25, -0.2) is 4.99 Å². The Morgan fingerprint density at radius 1 is 1.07 bits per heavy atom. The highest BCUT2D eigenvalue weighted by molar-refractivity contribution is 14.0. The van der Waals surface area contributed by atoms with E-state index in [1.54, 1.807) is 19.0 Å². The maximum absolute atomic E-state index is 12.8. The van der Waals surface area contributed by atoms with Crippen LogP contribution < -0.4 is 10.6 Å². The van der Waals surface area contributed by atoms with Gasteiger partial charge in [0.25, 0.3) is 0 Å². The van der Waals surface area contributed by atoms with Gasteiger partial charge in [-0.05, 0) is 25.3 Å². The third-order valence-corrected chi connectivity index (χ3v) is 5.54. The fourth-order valence-corrected chi connectivity index (χ4v) is 3.72. The number of hydrogen-bond acceptors (Lipinski definition) is 3. The lowest BCUT2D eigenvalue weighted by Crippen LogP contribution is -2.49. The summed E-state index contributed by atoms with van der Waals surface area (Å²) in [7, 11) is 7.05. The Balaban J connectivity index is 0.00000450. The van der Waals surface area contributed by atoms with Gasteiger partial charge in [0.1, 0.15) is 6.54 Å². The van der Waals surface area contributed by atoms with E-state index < -0.39 is 5.41 Å². The molecular formula is C22H36IN5O2. The Bertz CT molecular complexity index is 715. The van der Waals surface area contributed by atoms with Crippen LogP contribution in [0.25, 0.3) is 0 Å². The summed E-state index contributed by atoms with van der Waals surface area (Å²) < 4.78 is 0. The Morgan fingerprint density at radius 3 is 2.20 bits per heavy atom. The van der Waals surface area contributed by atoms with Crippen LogP contribution in [0.15, 0.2) is 35.3 Å². The molecule has 0 saturated heterocycles. The molecule has 2 rings (SSSR count). The molecule has 0 radical (unpaired) electrons. The van der Waals surface area contributed by atoms with E-state index in [4.69, 9.17) is 0 Å². The number of aliphatic imine (C=N–C) groups is 1. The monoisotopic (exact) mass is 529 g/mol. The smallest absolute Gasteiger partial charge is 0.243 e. The minimum atomic E-state index is -0.409. The standard InChI is InChI=1S/C22H35N5O2.HI/c1-17(18-11-7-6-8-12-18)25-21(23-15-19(28)26(2)3)24-16-22(13-9-10-14-22)20(29)27(4)5;/h6-8,11-12,17H,9-10,13-16H2,1-5H3,(H2,23,24,25);1H. The van der Waals surface area contributed by atoms with Crippen molar-refractivity contribution in [3.63, 3.8) is 0 Å². The van der Waals surface area contributed by atoms with E-state index in [-0.39, 0.29) is 48.4 Å². The second-order valence-corrected chi connectivity index (χ2v) is 8.27. The van der Waals surface area contributed by atoms with Crippen LogP contribution in [-0.2, 0) is 9.59 Å². The molecule has 168 valence electrons. The number of amides is 2. The molecule has 1 atom stereocenters. The maximum Gasteiger partial charge on any atom is 0.243 e. The molecule has 0 heterocycles. The normalized spacial score (nSPS) is 16.2. The van der Waals surface area contributed by atoms with Crippen LogP contribution in [0.5, 0.6) is 0 Å². The molecule has 30 heavy (non-hydrogen) atoms. The molecule has 1 fully saturated rings. The average Bonchev–Trinajstić information content (AvgIpc) is 3.19. The Morgan fingerprint density at radius 2 is 1.67 bits per heavy atom. The Labute approximate surface area is 197 Å². The quantitative estimate of drug-likeness (QED) is 0.324. The number of carbonyl (C=O) groups excluding carboxylic acids is 2. The van der Waals surface area contributed by atoms with Crippen molar-refractivity contribution < 1.29 is 9.59 Å².